The topological polar surface area (TPSA) is 170 Å². The highest BCUT2D eigenvalue weighted by atomic mass is 79.9. The van der Waals surface area contributed by atoms with Crippen LogP contribution in [-0.4, -0.2) is 73.6 Å². The molecule has 61 heavy (non-hydrogen) atoms. The lowest BCUT2D eigenvalue weighted by Crippen LogP contribution is -2.23. The van der Waals surface area contributed by atoms with Crippen molar-refractivity contribution in [3.05, 3.63) is 152 Å². The maximum atomic E-state index is 12.7. The number of carbonyl (C=O) groups is 2. The van der Waals surface area contributed by atoms with Crippen molar-refractivity contribution in [1.29, 1.82) is 0 Å². The fourth-order valence-electron chi connectivity index (χ4n) is 5.26. The summed E-state index contributed by atoms with van der Waals surface area (Å²) in [7, 11) is 5.36. The Balaban J connectivity index is 0.000000224. The largest absolute Gasteiger partial charge is 0.493 e. The Hall–Kier alpha value is -7.02. The number of rotatable bonds is 13. The molecule has 0 aliphatic carbocycles. The summed E-state index contributed by atoms with van der Waals surface area (Å²) in [6.07, 6.45) is 0. The quantitative estimate of drug-likeness (QED) is 0.0680. The first kappa shape index (κ1) is 46.7. The number of hydrogen-bond acceptors (Lipinski definition) is 12. The Labute approximate surface area is 353 Å². The van der Waals surface area contributed by atoms with E-state index in [0.717, 1.165) is 10.9 Å². The lowest BCUT2D eigenvalue weighted by Gasteiger charge is -2.12. The number of ether oxygens (including phenoxy) is 6. The van der Waals surface area contributed by atoms with Gasteiger partial charge in [0.15, 0.2) is 23.0 Å². The Bertz CT molecular complexity index is 2520. The molecule has 0 saturated carbocycles. The normalized spacial score (nSPS) is 10.4. The van der Waals surface area contributed by atoms with Gasteiger partial charge in [-0.2, -0.15) is 27.8 Å². The standard InChI is InChI=1S/C21H18F2N2O5.C12H10F2N2O3.C9H9BrO2/c1-28-17-8-6-14(11-18(17)30-21(22)23)16-7-9-19(26)25(24-16)12-13-4-3-5-15(10-13)20(27)29-2;1-18-9-4-2-7(6-10(9)19-12(13)14)8-3-5-11(17)16-15-8;1-12-9(11)8-4-2-3-7(5-8)6-10/h3-11,21H,12H2,1-2H3;2-6,12H,1H3,(H,16,17);2-5H,6H2,1H3. The number of alkyl halides is 5. The first-order valence-corrected chi connectivity index (χ1v) is 18.7. The lowest BCUT2D eigenvalue weighted by atomic mass is 10.1. The molecule has 0 aliphatic rings. The van der Waals surface area contributed by atoms with Crippen LogP contribution in [0.4, 0.5) is 17.6 Å². The maximum Gasteiger partial charge on any atom is 0.387 e. The molecule has 2 aromatic heterocycles. The van der Waals surface area contributed by atoms with Gasteiger partial charge >= 0.3 is 25.2 Å². The summed E-state index contributed by atoms with van der Waals surface area (Å²) in [6, 6.07) is 28.5. The Morgan fingerprint density at radius 3 is 1.62 bits per heavy atom. The number of nitrogens with zero attached hydrogens (tertiary/aromatic N) is 3. The lowest BCUT2D eigenvalue weighted by molar-refractivity contribution is -0.0518. The summed E-state index contributed by atoms with van der Waals surface area (Å²) in [6.45, 7) is -5.86. The zero-order valence-electron chi connectivity index (χ0n) is 32.8. The summed E-state index contributed by atoms with van der Waals surface area (Å²) in [5.74, 6) is -0.688. The van der Waals surface area contributed by atoms with E-state index in [4.69, 9.17) is 14.2 Å². The molecule has 0 aliphatic heterocycles. The average molecular weight is 914 g/mol. The second-order valence-corrected chi connectivity index (χ2v) is 12.6. The van der Waals surface area contributed by atoms with Gasteiger partial charge in [0.1, 0.15) is 0 Å². The van der Waals surface area contributed by atoms with Crippen LogP contribution in [0, 0.1) is 0 Å². The molecule has 320 valence electrons. The van der Waals surface area contributed by atoms with Crippen molar-refractivity contribution in [1.82, 2.24) is 20.0 Å². The summed E-state index contributed by atoms with van der Waals surface area (Å²) in [4.78, 5) is 45.9. The Morgan fingerprint density at radius 2 is 1.15 bits per heavy atom. The highest BCUT2D eigenvalue weighted by molar-refractivity contribution is 9.08. The molecule has 0 saturated heterocycles. The molecular weight excluding hydrogens is 876 g/mol. The van der Waals surface area contributed by atoms with Crippen molar-refractivity contribution in [3.63, 3.8) is 0 Å². The molecule has 14 nitrogen and oxygen atoms in total. The fraction of sp³-hybridized carbons (Fsp3) is 0.190. The first-order chi connectivity index (χ1) is 29.3. The molecule has 2 heterocycles. The number of esters is 2. The van der Waals surface area contributed by atoms with E-state index in [1.54, 1.807) is 48.5 Å². The van der Waals surface area contributed by atoms with Gasteiger partial charge in [-0.05, 0) is 83.9 Å². The molecule has 6 rings (SSSR count). The summed E-state index contributed by atoms with van der Waals surface area (Å²) in [5, 5.41) is 11.1. The summed E-state index contributed by atoms with van der Waals surface area (Å²) < 4.78 is 79.2. The first-order valence-electron chi connectivity index (χ1n) is 17.6. The van der Waals surface area contributed by atoms with Crippen LogP contribution in [0.5, 0.6) is 23.0 Å². The number of halogens is 5. The van der Waals surface area contributed by atoms with E-state index in [1.165, 1.54) is 81.7 Å². The molecule has 1 N–H and O–H groups in total. The van der Waals surface area contributed by atoms with Crippen LogP contribution < -0.4 is 30.1 Å². The molecule has 19 heteroatoms. The number of aromatic nitrogens is 4. The smallest absolute Gasteiger partial charge is 0.387 e. The van der Waals surface area contributed by atoms with E-state index < -0.39 is 19.2 Å². The van der Waals surface area contributed by atoms with Crippen LogP contribution in [0.3, 0.4) is 0 Å². The van der Waals surface area contributed by atoms with E-state index in [1.807, 2.05) is 12.1 Å². The van der Waals surface area contributed by atoms with Gasteiger partial charge in [0.25, 0.3) is 11.1 Å². The number of hydrogen-bond donors (Lipinski definition) is 1. The number of carbonyl (C=O) groups excluding carboxylic acids is 2. The second kappa shape index (κ2) is 22.9. The van der Waals surface area contributed by atoms with Gasteiger partial charge in [-0.3, -0.25) is 9.59 Å². The minimum Gasteiger partial charge on any atom is -0.493 e. The maximum absolute atomic E-state index is 12.7. The summed E-state index contributed by atoms with van der Waals surface area (Å²) in [5.41, 5.74) is 3.76. The van der Waals surface area contributed by atoms with Crippen molar-refractivity contribution in [2.45, 2.75) is 25.1 Å². The van der Waals surface area contributed by atoms with Gasteiger partial charge in [-0.1, -0.05) is 40.2 Å². The third-order valence-electron chi connectivity index (χ3n) is 8.08. The minimum absolute atomic E-state index is 0.0944. The Kier molecular flexibility index (Phi) is 17.6. The van der Waals surface area contributed by atoms with E-state index in [2.05, 4.69) is 45.4 Å². The van der Waals surface area contributed by atoms with Gasteiger partial charge in [-0.15, -0.1) is 0 Å². The zero-order chi connectivity index (χ0) is 44.5. The highest BCUT2D eigenvalue weighted by Gasteiger charge is 2.15. The number of aromatic amines is 1. The molecule has 0 unspecified atom stereocenters. The SMILES string of the molecule is COC(=O)c1cccc(CBr)c1.COC(=O)c1cccc(Cn2nc(-c3ccc(OC)c(OC(F)F)c3)ccc2=O)c1.COc1ccc(-c2ccc(=O)[nH]n2)cc1OC(F)F. The molecule has 0 amide bonds. The van der Waals surface area contributed by atoms with Crippen LogP contribution in [0.15, 0.2) is 119 Å². The fourth-order valence-corrected chi connectivity index (χ4v) is 5.61. The van der Waals surface area contributed by atoms with Crippen LogP contribution in [0.2, 0.25) is 0 Å². The van der Waals surface area contributed by atoms with Gasteiger partial charge in [0.2, 0.25) is 0 Å². The number of methoxy groups -OCH3 is 4. The highest BCUT2D eigenvalue weighted by Crippen LogP contribution is 2.34. The van der Waals surface area contributed by atoms with E-state index in [0.29, 0.717) is 39.2 Å². The van der Waals surface area contributed by atoms with Crippen LogP contribution in [0.25, 0.3) is 22.5 Å². The van der Waals surface area contributed by atoms with Crippen LogP contribution >= 0.6 is 15.9 Å². The van der Waals surface area contributed by atoms with E-state index in [9.17, 15) is 36.7 Å². The zero-order valence-corrected chi connectivity index (χ0v) is 34.4. The van der Waals surface area contributed by atoms with Gasteiger partial charge in [-0.25, -0.2) is 19.4 Å². The third-order valence-corrected chi connectivity index (χ3v) is 8.73. The molecule has 4 aromatic carbocycles. The second-order valence-electron chi connectivity index (χ2n) is 12.0. The predicted octanol–water partition coefficient (Wildman–Crippen LogP) is 7.77. The summed E-state index contributed by atoms with van der Waals surface area (Å²) >= 11 is 3.31. The number of nitrogens with one attached hydrogen (secondary N) is 1. The molecule has 0 radical (unpaired) electrons. The third kappa shape index (κ3) is 13.8. The minimum atomic E-state index is -3.02. The van der Waals surface area contributed by atoms with Crippen LogP contribution in [-0.2, 0) is 21.3 Å². The molecule has 0 bridgehead atoms. The predicted molar refractivity (Wildman–Crippen MR) is 218 cm³/mol. The Morgan fingerprint density at radius 1 is 0.639 bits per heavy atom. The molecule has 0 fully saturated rings. The molecule has 6 aromatic rings. The molecular formula is C42H37BrF4N4O10. The van der Waals surface area contributed by atoms with Crippen molar-refractivity contribution in [3.8, 4) is 45.5 Å². The van der Waals surface area contributed by atoms with E-state index >= 15 is 0 Å². The number of H-pyrrole nitrogens is 1. The molecule has 0 spiro atoms. The van der Waals surface area contributed by atoms with Gasteiger partial charge < -0.3 is 28.4 Å². The van der Waals surface area contributed by atoms with Crippen molar-refractivity contribution >= 4 is 27.9 Å². The van der Waals surface area contributed by atoms with Gasteiger partial charge in [0.05, 0.1) is 57.5 Å². The van der Waals surface area contributed by atoms with Crippen molar-refractivity contribution in [2.24, 2.45) is 0 Å². The molecule has 0 atom stereocenters. The monoisotopic (exact) mass is 912 g/mol. The van der Waals surface area contributed by atoms with Crippen LogP contribution in [0.1, 0.15) is 31.8 Å². The number of benzene rings is 4. The van der Waals surface area contributed by atoms with Gasteiger partial charge in [0, 0.05) is 28.6 Å². The van der Waals surface area contributed by atoms with E-state index in [-0.39, 0.29) is 46.6 Å². The van der Waals surface area contributed by atoms with Crippen molar-refractivity contribution in [2.75, 3.05) is 28.4 Å². The van der Waals surface area contributed by atoms with Crippen molar-refractivity contribution < 1.29 is 55.6 Å². The average Bonchev–Trinajstić information content (AvgIpc) is 3.27.